The summed E-state index contributed by atoms with van der Waals surface area (Å²) in [4.78, 5) is 15.5. The lowest BCUT2D eigenvalue weighted by Gasteiger charge is -2.16. The zero-order valence-corrected chi connectivity index (χ0v) is 8.75. The number of nitrogen functional groups attached to an aromatic ring is 1. The molecule has 0 saturated carbocycles. The van der Waals surface area contributed by atoms with Gasteiger partial charge in [0.1, 0.15) is 5.82 Å². The molecule has 0 aliphatic rings. The number of nitro groups is 1. The first-order valence-electron chi connectivity index (χ1n) is 4.55. The van der Waals surface area contributed by atoms with Gasteiger partial charge in [-0.1, -0.05) is 0 Å². The number of nitrogens with two attached hydrogens (primary N) is 1. The second-order valence-electron chi connectivity index (χ2n) is 3.16. The molecule has 0 saturated heterocycles. The average molecular weight is 221 g/mol. The van der Waals surface area contributed by atoms with Crippen molar-refractivity contribution in [3.8, 4) is 6.07 Å². The molecule has 16 heavy (non-hydrogen) atoms. The molecule has 0 aliphatic carbocycles. The Morgan fingerprint density at radius 3 is 2.88 bits per heavy atom. The summed E-state index contributed by atoms with van der Waals surface area (Å²) in [5.74, 6) is 0.393. The third-order valence-corrected chi connectivity index (χ3v) is 2.03. The van der Waals surface area contributed by atoms with Crippen LogP contribution in [-0.4, -0.2) is 23.5 Å². The van der Waals surface area contributed by atoms with Gasteiger partial charge in [0.25, 0.3) is 0 Å². The summed E-state index contributed by atoms with van der Waals surface area (Å²) in [5, 5.41) is 18.9. The molecule has 1 aromatic heterocycles. The summed E-state index contributed by atoms with van der Waals surface area (Å²) in [6, 6.07) is 4.82. The molecule has 7 nitrogen and oxygen atoms in total. The van der Waals surface area contributed by atoms with Gasteiger partial charge in [-0.15, -0.1) is 0 Å². The predicted molar refractivity (Wildman–Crippen MR) is 58.8 cm³/mol. The molecule has 7 heteroatoms. The lowest BCUT2D eigenvalue weighted by atomic mass is 10.3. The molecular formula is C9H11N5O2. The number of hydrogen-bond donors (Lipinski definition) is 1. The summed E-state index contributed by atoms with van der Waals surface area (Å²) in [5.41, 5.74) is 5.23. The molecule has 0 aromatic carbocycles. The van der Waals surface area contributed by atoms with E-state index in [1.54, 1.807) is 11.9 Å². The highest BCUT2D eigenvalue weighted by Gasteiger charge is 2.14. The van der Waals surface area contributed by atoms with E-state index < -0.39 is 4.92 Å². The van der Waals surface area contributed by atoms with Gasteiger partial charge in [-0.2, -0.15) is 5.26 Å². The van der Waals surface area contributed by atoms with Gasteiger partial charge in [0.05, 0.1) is 17.4 Å². The number of aromatic nitrogens is 1. The summed E-state index contributed by atoms with van der Waals surface area (Å²) < 4.78 is 0. The number of anilines is 2. The van der Waals surface area contributed by atoms with Crippen LogP contribution in [0.1, 0.15) is 6.42 Å². The average Bonchev–Trinajstić information content (AvgIpc) is 2.25. The minimum atomic E-state index is -0.582. The second-order valence-corrected chi connectivity index (χ2v) is 3.16. The summed E-state index contributed by atoms with van der Waals surface area (Å²) >= 11 is 0. The lowest BCUT2D eigenvalue weighted by molar-refractivity contribution is -0.384. The number of nitriles is 1. The molecule has 0 bridgehead atoms. The van der Waals surface area contributed by atoms with Crippen molar-refractivity contribution in [2.24, 2.45) is 0 Å². The van der Waals surface area contributed by atoms with Crippen LogP contribution in [0.25, 0.3) is 0 Å². The van der Waals surface area contributed by atoms with Gasteiger partial charge in [0, 0.05) is 19.7 Å². The summed E-state index contributed by atoms with van der Waals surface area (Å²) in [6.07, 6.45) is 0.356. The van der Waals surface area contributed by atoms with Crippen LogP contribution in [0.2, 0.25) is 0 Å². The molecule has 0 aliphatic heterocycles. The highest BCUT2D eigenvalue weighted by atomic mass is 16.6. The summed E-state index contributed by atoms with van der Waals surface area (Å²) in [7, 11) is 1.74. The van der Waals surface area contributed by atoms with E-state index in [2.05, 4.69) is 4.98 Å². The molecule has 0 radical (unpaired) electrons. The minimum absolute atomic E-state index is 0.119. The molecule has 1 rings (SSSR count). The van der Waals surface area contributed by atoms with Crippen LogP contribution in [0.15, 0.2) is 12.1 Å². The Morgan fingerprint density at radius 2 is 2.38 bits per heavy atom. The third-order valence-electron chi connectivity index (χ3n) is 2.03. The maximum Gasteiger partial charge on any atom is 0.311 e. The van der Waals surface area contributed by atoms with Crippen molar-refractivity contribution in [1.82, 2.24) is 4.98 Å². The van der Waals surface area contributed by atoms with E-state index in [0.29, 0.717) is 18.8 Å². The van der Waals surface area contributed by atoms with Crippen molar-refractivity contribution in [1.29, 1.82) is 5.26 Å². The topological polar surface area (TPSA) is 109 Å². The largest absolute Gasteiger partial charge is 0.378 e. The zero-order chi connectivity index (χ0) is 12.1. The van der Waals surface area contributed by atoms with Crippen LogP contribution in [-0.2, 0) is 0 Å². The highest BCUT2D eigenvalue weighted by molar-refractivity contribution is 5.57. The quantitative estimate of drug-likeness (QED) is 0.598. The first kappa shape index (κ1) is 11.7. The molecule has 1 heterocycles. The molecule has 0 atom stereocenters. The van der Waals surface area contributed by atoms with Gasteiger partial charge in [0.2, 0.25) is 5.82 Å². The molecule has 0 fully saturated rings. The van der Waals surface area contributed by atoms with Crippen LogP contribution in [0.5, 0.6) is 0 Å². The van der Waals surface area contributed by atoms with E-state index >= 15 is 0 Å². The Kier molecular flexibility index (Phi) is 3.61. The molecule has 0 amide bonds. The summed E-state index contributed by atoms with van der Waals surface area (Å²) in [6.45, 7) is 0.501. The van der Waals surface area contributed by atoms with Gasteiger partial charge in [-0.25, -0.2) is 4.98 Å². The van der Waals surface area contributed by atoms with Crippen molar-refractivity contribution >= 4 is 17.3 Å². The fraction of sp³-hybridized carbons (Fsp3) is 0.333. The predicted octanol–water partition coefficient (Wildman–Crippen LogP) is 0.922. The van der Waals surface area contributed by atoms with Crippen molar-refractivity contribution in [2.45, 2.75) is 6.42 Å². The van der Waals surface area contributed by atoms with E-state index in [4.69, 9.17) is 11.0 Å². The molecule has 1 aromatic rings. The van der Waals surface area contributed by atoms with Crippen molar-refractivity contribution < 1.29 is 4.92 Å². The van der Waals surface area contributed by atoms with E-state index in [0.717, 1.165) is 0 Å². The second kappa shape index (κ2) is 4.93. The first-order chi connectivity index (χ1) is 7.56. The Bertz CT molecular complexity index is 440. The van der Waals surface area contributed by atoms with Crippen LogP contribution >= 0.6 is 0 Å². The molecule has 2 N–H and O–H groups in total. The number of hydrogen-bond acceptors (Lipinski definition) is 6. The number of pyridine rings is 1. The van der Waals surface area contributed by atoms with Crippen LogP contribution in [0.3, 0.4) is 0 Å². The fourth-order valence-corrected chi connectivity index (χ4v) is 1.16. The maximum absolute atomic E-state index is 10.5. The molecule has 0 unspecified atom stereocenters. The monoisotopic (exact) mass is 221 g/mol. The Balaban J connectivity index is 2.89. The van der Waals surface area contributed by atoms with Crippen LogP contribution in [0.4, 0.5) is 17.3 Å². The van der Waals surface area contributed by atoms with Gasteiger partial charge < -0.3 is 10.6 Å². The van der Waals surface area contributed by atoms with Gasteiger partial charge in [0.15, 0.2) is 0 Å². The minimum Gasteiger partial charge on any atom is -0.378 e. The Hall–Kier alpha value is -2.36. The third kappa shape index (κ3) is 2.57. The Morgan fingerprint density at radius 1 is 1.69 bits per heavy atom. The van der Waals surface area contributed by atoms with Gasteiger partial charge in [-0.05, 0) is 6.07 Å². The van der Waals surface area contributed by atoms with E-state index in [-0.39, 0.29) is 11.5 Å². The standard InChI is InChI=1S/C9H11N5O2/c1-13(6-2-5-10)8-4-3-7(14(15)16)9(11)12-8/h3-4H,2,6H2,1H3,(H2,11,12). The lowest BCUT2D eigenvalue weighted by Crippen LogP contribution is -2.19. The normalized spacial score (nSPS) is 9.50. The van der Waals surface area contributed by atoms with Gasteiger partial charge >= 0.3 is 5.69 Å². The van der Waals surface area contributed by atoms with Gasteiger partial charge in [-0.3, -0.25) is 10.1 Å². The molecule has 0 spiro atoms. The van der Waals surface area contributed by atoms with E-state index in [1.165, 1.54) is 12.1 Å². The maximum atomic E-state index is 10.5. The SMILES string of the molecule is CN(CCC#N)c1ccc([N+](=O)[O-])c(N)n1. The van der Waals surface area contributed by atoms with E-state index in [9.17, 15) is 10.1 Å². The Labute approximate surface area is 92.3 Å². The van der Waals surface area contributed by atoms with Crippen LogP contribution in [0, 0.1) is 21.4 Å². The van der Waals surface area contributed by atoms with Crippen molar-refractivity contribution in [2.75, 3.05) is 24.2 Å². The highest BCUT2D eigenvalue weighted by Crippen LogP contribution is 2.22. The first-order valence-corrected chi connectivity index (χ1v) is 4.55. The smallest absolute Gasteiger partial charge is 0.311 e. The fourth-order valence-electron chi connectivity index (χ4n) is 1.16. The number of nitrogens with zero attached hydrogens (tertiary/aromatic N) is 4. The number of rotatable bonds is 4. The van der Waals surface area contributed by atoms with Crippen molar-refractivity contribution in [3.63, 3.8) is 0 Å². The molecular weight excluding hydrogens is 210 g/mol. The molecule has 84 valence electrons. The van der Waals surface area contributed by atoms with Crippen LogP contribution < -0.4 is 10.6 Å². The zero-order valence-electron chi connectivity index (χ0n) is 8.75. The van der Waals surface area contributed by atoms with E-state index in [1.807, 2.05) is 6.07 Å². The van der Waals surface area contributed by atoms with Crippen molar-refractivity contribution in [3.05, 3.63) is 22.2 Å².